The van der Waals surface area contributed by atoms with Gasteiger partial charge in [-0.1, -0.05) is 42.5 Å². The van der Waals surface area contributed by atoms with Crippen molar-refractivity contribution < 1.29 is 9.13 Å². The third kappa shape index (κ3) is 3.38. The summed E-state index contributed by atoms with van der Waals surface area (Å²) in [5, 5.41) is 0. The molecule has 0 amide bonds. The smallest absolute Gasteiger partial charge is 0.137 e. The first kappa shape index (κ1) is 12.3. The highest BCUT2D eigenvalue weighted by atomic mass is 79.9. The first-order valence-corrected chi connectivity index (χ1v) is 6.11. The van der Waals surface area contributed by atoms with Crippen molar-refractivity contribution in [1.29, 1.82) is 0 Å². The maximum atomic E-state index is 13.2. The van der Waals surface area contributed by atoms with Crippen LogP contribution in [0.3, 0.4) is 0 Å². The van der Waals surface area contributed by atoms with E-state index in [1.54, 1.807) is 6.07 Å². The predicted octanol–water partition coefficient (Wildman–Crippen LogP) is 4.31. The van der Waals surface area contributed by atoms with Crippen molar-refractivity contribution in [3.63, 3.8) is 0 Å². The average molecular weight is 295 g/mol. The minimum absolute atomic E-state index is 0.259. The molecule has 17 heavy (non-hydrogen) atoms. The van der Waals surface area contributed by atoms with Crippen LogP contribution in [-0.2, 0) is 18.0 Å². The van der Waals surface area contributed by atoms with Crippen LogP contribution in [0.4, 0.5) is 4.39 Å². The molecule has 0 fully saturated rings. The van der Waals surface area contributed by atoms with E-state index in [0.29, 0.717) is 17.7 Å². The van der Waals surface area contributed by atoms with Gasteiger partial charge in [-0.25, -0.2) is 4.39 Å². The van der Waals surface area contributed by atoms with Gasteiger partial charge in [-0.05, 0) is 33.1 Å². The zero-order valence-electron chi connectivity index (χ0n) is 9.20. The Balaban J connectivity index is 1.93. The average Bonchev–Trinajstić information content (AvgIpc) is 2.36. The van der Waals surface area contributed by atoms with Crippen LogP contribution in [0.2, 0.25) is 0 Å². The summed E-state index contributed by atoms with van der Waals surface area (Å²) in [4.78, 5) is 0. The number of benzene rings is 2. The molecule has 1 nitrogen and oxygen atoms in total. The highest BCUT2D eigenvalue weighted by molar-refractivity contribution is 9.10. The molecule has 0 spiro atoms. The molecule has 0 saturated carbocycles. The van der Waals surface area contributed by atoms with Crippen molar-refractivity contribution in [2.45, 2.75) is 13.2 Å². The van der Waals surface area contributed by atoms with Gasteiger partial charge >= 0.3 is 0 Å². The summed E-state index contributed by atoms with van der Waals surface area (Å²) < 4.78 is 19.3. The van der Waals surface area contributed by atoms with Gasteiger partial charge in [0.2, 0.25) is 0 Å². The number of hydrogen-bond donors (Lipinski definition) is 0. The minimum Gasteiger partial charge on any atom is -0.372 e. The number of rotatable bonds is 4. The molecule has 0 radical (unpaired) electrons. The summed E-state index contributed by atoms with van der Waals surface area (Å²) in [7, 11) is 0. The predicted molar refractivity (Wildman–Crippen MR) is 69.0 cm³/mol. The van der Waals surface area contributed by atoms with Crippen LogP contribution < -0.4 is 0 Å². The minimum atomic E-state index is -0.259. The van der Waals surface area contributed by atoms with Crippen molar-refractivity contribution in [2.24, 2.45) is 0 Å². The van der Waals surface area contributed by atoms with Gasteiger partial charge in [0.1, 0.15) is 5.82 Å². The van der Waals surface area contributed by atoms with Crippen LogP contribution in [0.25, 0.3) is 0 Å². The topological polar surface area (TPSA) is 9.23 Å². The lowest BCUT2D eigenvalue weighted by Crippen LogP contribution is -1.96. The van der Waals surface area contributed by atoms with E-state index >= 15 is 0 Å². The largest absolute Gasteiger partial charge is 0.372 e. The lowest BCUT2D eigenvalue weighted by molar-refractivity contribution is 0.106. The summed E-state index contributed by atoms with van der Waals surface area (Å²) in [5.74, 6) is -0.259. The quantitative estimate of drug-likeness (QED) is 0.817. The molecule has 0 unspecified atom stereocenters. The highest BCUT2D eigenvalue weighted by Crippen LogP contribution is 2.21. The van der Waals surface area contributed by atoms with E-state index in [-0.39, 0.29) is 5.82 Å². The molecule has 2 aromatic rings. The summed E-state index contributed by atoms with van der Waals surface area (Å²) in [6.45, 7) is 0.928. The molecule has 2 rings (SSSR count). The molecular weight excluding hydrogens is 283 g/mol. The molecule has 0 aromatic heterocycles. The van der Waals surface area contributed by atoms with E-state index < -0.39 is 0 Å². The van der Waals surface area contributed by atoms with Crippen molar-refractivity contribution in [3.05, 3.63) is 69.9 Å². The summed E-state index contributed by atoms with van der Waals surface area (Å²) in [6.07, 6.45) is 0. The van der Waals surface area contributed by atoms with E-state index in [4.69, 9.17) is 4.74 Å². The van der Waals surface area contributed by atoms with Gasteiger partial charge in [-0.2, -0.15) is 0 Å². The molecule has 0 N–H and O–H groups in total. The first-order chi connectivity index (χ1) is 8.27. The number of hydrogen-bond acceptors (Lipinski definition) is 1. The molecule has 2 aromatic carbocycles. The van der Waals surface area contributed by atoms with Crippen molar-refractivity contribution in [2.75, 3.05) is 0 Å². The van der Waals surface area contributed by atoms with Crippen LogP contribution in [0, 0.1) is 5.82 Å². The fourth-order valence-electron chi connectivity index (χ4n) is 1.51. The Morgan fingerprint density at radius 2 is 1.71 bits per heavy atom. The van der Waals surface area contributed by atoms with Crippen LogP contribution in [0.1, 0.15) is 11.1 Å². The first-order valence-electron chi connectivity index (χ1n) is 5.32. The van der Waals surface area contributed by atoms with E-state index in [2.05, 4.69) is 15.9 Å². The lowest BCUT2D eigenvalue weighted by atomic mass is 10.2. The Bertz CT molecular complexity index is 485. The zero-order valence-corrected chi connectivity index (χ0v) is 10.8. The molecule has 0 aliphatic rings. The summed E-state index contributed by atoms with van der Waals surface area (Å²) in [6, 6.07) is 14.9. The van der Waals surface area contributed by atoms with E-state index in [1.165, 1.54) is 6.07 Å². The molecular formula is C14H12BrFO. The molecule has 88 valence electrons. The fraction of sp³-hybridized carbons (Fsp3) is 0.143. The van der Waals surface area contributed by atoms with Crippen LogP contribution in [-0.4, -0.2) is 0 Å². The highest BCUT2D eigenvalue weighted by Gasteiger charge is 2.04. The monoisotopic (exact) mass is 294 g/mol. The number of halogens is 2. The molecule has 0 aliphatic carbocycles. The lowest BCUT2D eigenvalue weighted by Gasteiger charge is -2.07. The molecule has 0 heterocycles. The van der Waals surface area contributed by atoms with Gasteiger partial charge in [0.05, 0.1) is 17.7 Å². The van der Waals surface area contributed by atoms with E-state index in [9.17, 15) is 4.39 Å². The zero-order chi connectivity index (χ0) is 12.1. The van der Waals surface area contributed by atoms with E-state index in [1.807, 2.05) is 36.4 Å². The second kappa shape index (κ2) is 5.94. The molecule has 0 saturated heterocycles. The molecule has 3 heteroatoms. The third-order valence-electron chi connectivity index (χ3n) is 2.40. The van der Waals surface area contributed by atoms with Crippen LogP contribution in [0.15, 0.2) is 53.0 Å². The maximum Gasteiger partial charge on any atom is 0.137 e. The fourth-order valence-corrected chi connectivity index (χ4v) is 1.89. The standard InChI is InChI=1S/C14H12BrFO/c15-14-12(7-4-8-13(14)16)10-17-9-11-5-2-1-3-6-11/h1-8H,9-10H2. The van der Waals surface area contributed by atoms with Gasteiger partial charge in [-0.3, -0.25) is 0 Å². The molecule has 0 bridgehead atoms. The van der Waals surface area contributed by atoms with Gasteiger partial charge < -0.3 is 4.74 Å². The molecule has 0 atom stereocenters. The Hall–Kier alpha value is -1.19. The Morgan fingerprint density at radius 3 is 2.47 bits per heavy atom. The van der Waals surface area contributed by atoms with Crippen molar-refractivity contribution >= 4 is 15.9 Å². The summed E-state index contributed by atoms with van der Waals surface area (Å²) >= 11 is 3.21. The second-order valence-corrected chi connectivity index (χ2v) is 4.48. The third-order valence-corrected chi connectivity index (χ3v) is 3.29. The van der Waals surface area contributed by atoms with Gasteiger partial charge in [0.25, 0.3) is 0 Å². The SMILES string of the molecule is Fc1cccc(COCc2ccccc2)c1Br. The van der Waals surface area contributed by atoms with Gasteiger partial charge in [-0.15, -0.1) is 0 Å². The Labute approximate surface area is 108 Å². The van der Waals surface area contributed by atoms with Crippen molar-refractivity contribution in [1.82, 2.24) is 0 Å². The molecule has 0 aliphatic heterocycles. The normalized spacial score (nSPS) is 10.5. The Kier molecular flexibility index (Phi) is 4.29. The second-order valence-electron chi connectivity index (χ2n) is 3.69. The van der Waals surface area contributed by atoms with Crippen LogP contribution in [0.5, 0.6) is 0 Å². The van der Waals surface area contributed by atoms with Crippen LogP contribution >= 0.6 is 15.9 Å². The number of ether oxygens (including phenoxy) is 1. The van der Waals surface area contributed by atoms with Crippen molar-refractivity contribution in [3.8, 4) is 0 Å². The van der Waals surface area contributed by atoms with E-state index in [0.717, 1.165) is 11.1 Å². The van der Waals surface area contributed by atoms with Gasteiger partial charge in [0, 0.05) is 0 Å². The Morgan fingerprint density at radius 1 is 0.941 bits per heavy atom. The summed E-state index contributed by atoms with van der Waals surface area (Å²) in [5.41, 5.74) is 1.93. The maximum absolute atomic E-state index is 13.2. The van der Waals surface area contributed by atoms with Gasteiger partial charge in [0.15, 0.2) is 0 Å².